The summed E-state index contributed by atoms with van der Waals surface area (Å²) in [6, 6.07) is 15.8. The number of hydrogen-bond donors (Lipinski definition) is 2. The van der Waals surface area contributed by atoms with Gasteiger partial charge in [0.25, 0.3) is 0 Å². The molecule has 0 bridgehead atoms. The Bertz CT molecular complexity index is 973. The van der Waals surface area contributed by atoms with Gasteiger partial charge in [0.2, 0.25) is 0 Å². The lowest BCUT2D eigenvalue weighted by atomic mass is 9.96. The van der Waals surface area contributed by atoms with E-state index in [0.717, 1.165) is 45.6 Å². The molecule has 0 unspecified atom stereocenters. The molecule has 3 aromatic rings. The molecule has 3 aromatic carbocycles. The molecular weight excluding hydrogens is 332 g/mol. The molecule has 0 radical (unpaired) electrons. The van der Waals surface area contributed by atoms with Crippen molar-refractivity contribution >= 4 is 17.6 Å². The summed E-state index contributed by atoms with van der Waals surface area (Å²) in [5.41, 5.74) is 15.9. The molecule has 0 amide bonds. The van der Waals surface area contributed by atoms with Crippen molar-refractivity contribution in [2.24, 2.45) is 4.99 Å². The van der Waals surface area contributed by atoms with E-state index in [-0.39, 0.29) is 5.75 Å². The molecule has 3 nitrogen and oxygen atoms in total. The van der Waals surface area contributed by atoms with Crippen molar-refractivity contribution in [2.75, 3.05) is 5.73 Å². The molecule has 3 N–H and O–H groups in total. The molecule has 0 aliphatic heterocycles. The first-order valence-electron chi connectivity index (χ1n) is 9.12. The van der Waals surface area contributed by atoms with Crippen LogP contribution in [0.5, 0.6) is 5.75 Å². The summed E-state index contributed by atoms with van der Waals surface area (Å²) in [6.07, 6.45) is 2.67. The highest BCUT2D eigenvalue weighted by atomic mass is 16.3. The molecule has 0 heterocycles. The SMILES string of the molecule is Cc1cc(Cc2cc(C)c(/N=C/c3cccc(O)c3)c(C)c2)cc(C)c1N. The Morgan fingerprint density at radius 3 is 1.96 bits per heavy atom. The summed E-state index contributed by atoms with van der Waals surface area (Å²) < 4.78 is 0. The van der Waals surface area contributed by atoms with Gasteiger partial charge in [0, 0.05) is 11.9 Å². The zero-order valence-corrected chi connectivity index (χ0v) is 16.4. The van der Waals surface area contributed by atoms with Gasteiger partial charge in [0.1, 0.15) is 5.75 Å². The maximum atomic E-state index is 9.58. The molecule has 0 aromatic heterocycles. The van der Waals surface area contributed by atoms with Gasteiger partial charge in [0.15, 0.2) is 0 Å². The Morgan fingerprint density at radius 1 is 0.852 bits per heavy atom. The summed E-state index contributed by atoms with van der Waals surface area (Å²) in [4.78, 5) is 4.65. The maximum Gasteiger partial charge on any atom is 0.116 e. The van der Waals surface area contributed by atoms with E-state index in [1.165, 1.54) is 11.1 Å². The minimum Gasteiger partial charge on any atom is -0.508 e. The molecule has 0 saturated heterocycles. The molecule has 138 valence electrons. The van der Waals surface area contributed by atoms with E-state index in [1.54, 1.807) is 18.3 Å². The van der Waals surface area contributed by atoms with E-state index in [9.17, 15) is 5.11 Å². The lowest BCUT2D eigenvalue weighted by Crippen LogP contribution is -1.98. The number of aryl methyl sites for hydroxylation is 4. The Kier molecular flexibility index (Phi) is 5.31. The fourth-order valence-electron chi connectivity index (χ4n) is 3.50. The van der Waals surface area contributed by atoms with Crippen LogP contribution in [0.2, 0.25) is 0 Å². The minimum absolute atomic E-state index is 0.247. The second-order valence-electron chi connectivity index (χ2n) is 7.25. The van der Waals surface area contributed by atoms with Crippen molar-refractivity contribution in [1.82, 2.24) is 0 Å². The molecule has 27 heavy (non-hydrogen) atoms. The largest absolute Gasteiger partial charge is 0.508 e. The highest BCUT2D eigenvalue weighted by Gasteiger charge is 2.07. The van der Waals surface area contributed by atoms with Gasteiger partial charge in [-0.15, -0.1) is 0 Å². The number of aromatic hydroxyl groups is 1. The minimum atomic E-state index is 0.247. The number of phenolic OH excluding ortho intramolecular Hbond substituents is 1. The van der Waals surface area contributed by atoms with Crippen LogP contribution in [0.3, 0.4) is 0 Å². The molecule has 0 atom stereocenters. The fourth-order valence-corrected chi connectivity index (χ4v) is 3.50. The van der Waals surface area contributed by atoms with Gasteiger partial charge in [-0.3, -0.25) is 4.99 Å². The highest BCUT2D eigenvalue weighted by molar-refractivity contribution is 5.83. The van der Waals surface area contributed by atoms with Gasteiger partial charge in [-0.1, -0.05) is 36.4 Å². The summed E-state index contributed by atoms with van der Waals surface area (Å²) in [5.74, 6) is 0.247. The Labute approximate surface area is 161 Å². The van der Waals surface area contributed by atoms with E-state index in [2.05, 4.69) is 57.0 Å². The third kappa shape index (κ3) is 4.37. The van der Waals surface area contributed by atoms with Gasteiger partial charge in [-0.05, 0) is 85.2 Å². The van der Waals surface area contributed by atoms with E-state index in [4.69, 9.17) is 5.73 Å². The zero-order valence-electron chi connectivity index (χ0n) is 16.4. The van der Waals surface area contributed by atoms with Crippen molar-refractivity contribution in [2.45, 2.75) is 34.1 Å². The molecule has 0 spiro atoms. The second-order valence-corrected chi connectivity index (χ2v) is 7.25. The van der Waals surface area contributed by atoms with Crippen LogP contribution in [0.4, 0.5) is 11.4 Å². The van der Waals surface area contributed by atoms with Crippen LogP contribution in [-0.2, 0) is 6.42 Å². The zero-order chi connectivity index (χ0) is 19.6. The number of benzene rings is 3. The smallest absolute Gasteiger partial charge is 0.116 e. The molecule has 3 rings (SSSR count). The third-order valence-corrected chi connectivity index (χ3v) is 4.83. The number of nitrogens with two attached hydrogens (primary N) is 1. The van der Waals surface area contributed by atoms with Gasteiger partial charge in [-0.2, -0.15) is 0 Å². The number of aliphatic imine (C=N–C) groups is 1. The Hall–Kier alpha value is -3.07. The first kappa shape index (κ1) is 18.7. The van der Waals surface area contributed by atoms with Crippen molar-refractivity contribution in [3.8, 4) is 5.75 Å². The monoisotopic (exact) mass is 358 g/mol. The van der Waals surface area contributed by atoms with E-state index in [0.29, 0.717) is 0 Å². The van der Waals surface area contributed by atoms with Crippen molar-refractivity contribution in [3.05, 3.63) is 87.5 Å². The molecular formula is C24H26N2O. The summed E-state index contributed by atoms with van der Waals surface area (Å²) in [7, 11) is 0. The van der Waals surface area contributed by atoms with Gasteiger partial charge in [-0.25, -0.2) is 0 Å². The van der Waals surface area contributed by atoms with Crippen LogP contribution >= 0.6 is 0 Å². The van der Waals surface area contributed by atoms with Gasteiger partial charge in [0.05, 0.1) is 5.69 Å². The lowest BCUT2D eigenvalue weighted by molar-refractivity contribution is 0.475. The molecule has 0 saturated carbocycles. The van der Waals surface area contributed by atoms with Crippen LogP contribution in [0.15, 0.2) is 53.5 Å². The van der Waals surface area contributed by atoms with Crippen LogP contribution in [0.1, 0.15) is 38.9 Å². The average Bonchev–Trinajstić information content (AvgIpc) is 2.59. The number of phenols is 1. The average molecular weight is 358 g/mol. The van der Waals surface area contributed by atoms with Gasteiger partial charge < -0.3 is 10.8 Å². The highest BCUT2D eigenvalue weighted by Crippen LogP contribution is 2.28. The Morgan fingerprint density at radius 2 is 1.41 bits per heavy atom. The Balaban J connectivity index is 1.87. The number of nitrogens with zero attached hydrogens (tertiary/aromatic N) is 1. The molecule has 0 aliphatic carbocycles. The maximum absolute atomic E-state index is 9.58. The normalized spacial score (nSPS) is 11.3. The number of hydrogen-bond acceptors (Lipinski definition) is 3. The van der Waals surface area contributed by atoms with Crippen molar-refractivity contribution < 1.29 is 5.11 Å². The topological polar surface area (TPSA) is 58.6 Å². The third-order valence-electron chi connectivity index (χ3n) is 4.83. The first-order valence-corrected chi connectivity index (χ1v) is 9.12. The van der Waals surface area contributed by atoms with E-state index < -0.39 is 0 Å². The van der Waals surface area contributed by atoms with Crippen LogP contribution < -0.4 is 5.73 Å². The van der Waals surface area contributed by atoms with Crippen LogP contribution in [0, 0.1) is 27.7 Å². The molecule has 3 heteroatoms. The number of nitrogen functional groups attached to an aromatic ring is 1. The van der Waals surface area contributed by atoms with E-state index >= 15 is 0 Å². The fraction of sp³-hybridized carbons (Fsp3) is 0.208. The van der Waals surface area contributed by atoms with Crippen LogP contribution in [-0.4, -0.2) is 11.3 Å². The predicted octanol–water partition coefficient (Wildman–Crippen LogP) is 5.55. The van der Waals surface area contributed by atoms with E-state index in [1.807, 2.05) is 12.1 Å². The quantitative estimate of drug-likeness (QED) is 0.474. The van der Waals surface area contributed by atoms with Crippen molar-refractivity contribution in [3.63, 3.8) is 0 Å². The number of rotatable bonds is 4. The van der Waals surface area contributed by atoms with Crippen molar-refractivity contribution in [1.29, 1.82) is 0 Å². The molecule has 0 aliphatic rings. The van der Waals surface area contributed by atoms with Crippen LogP contribution in [0.25, 0.3) is 0 Å². The summed E-state index contributed by atoms with van der Waals surface area (Å²) in [5, 5.41) is 9.58. The number of anilines is 1. The predicted molar refractivity (Wildman–Crippen MR) is 114 cm³/mol. The first-order chi connectivity index (χ1) is 12.8. The summed E-state index contributed by atoms with van der Waals surface area (Å²) >= 11 is 0. The van der Waals surface area contributed by atoms with Gasteiger partial charge >= 0.3 is 0 Å². The second kappa shape index (κ2) is 7.67. The lowest BCUT2D eigenvalue weighted by Gasteiger charge is -2.12. The summed E-state index contributed by atoms with van der Waals surface area (Å²) in [6.45, 7) is 8.29. The molecule has 0 fully saturated rings. The standard InChI is InChI=1S/C24H26N2O/c1-15-8-20(9-16(2)23(15)25)12-21-10-17(3)24(18(4)11-21)26-14-19-6-5-7-22(27)13-19/h5-11,13-14,27H,12,25H2,1-4H3/b26-14+.